The van der Waals surface area contributed by atoms with Crippen LogP contribution in [0, 0.1) is 0 Å². The van der Waals surface area contributed by atoms with Gasteiger partial charge in [0.1, 0.15) is 5.69 Å². The number of aliphatic hydroxyl groups is 1. The molecule has 6 aromatic rings. The maximum Gasteiger partial charge on any atom is 0.303 e. The van der Waals surface area contributed by atoms with Crippen molar-refractivity contribution >= 4 is 29.3 Å². The van der Waals surface area contributed by atoms with E-state index in [4.69, 9.17) is 23.6 Å². The minimum atomic E-state index is -0.965. The van der Waals surface area contributed by atoms with Crippen LogP contribution in [0.15, 0.2) is 149 Å². The van der Waals surface area contributed by atoms with E-state index in [-0.39, 0.29) is 12.5 Å². The van der Waals surface area contributed by atoms with Crippen LogP contribution < -0.4 is 5.32 Å². The molecule has 54 heavy (non-hydrogen) atoms. The highest BCUT2D eigenvalue weighted by molar-refractivity contribution is 7.99. The van der Waals surface area contributed by atoms with Gasteiger partial charge in [0.25, 0.3) is 11.1 Å². The summed E-state index contributed by atoms with van der Waals surface area (Å²) in [4.78, 5) is 29.3. The number of anilines is 1. The van der Waals surface area contributed by atoms with E-state index in [1.54, 1.807) is 12.1 Å². The summed E-state index contributed by atoms with van der Waals surface area (Å²) in [5, 5.41) is 13.1. The van der Waals surface area contributed by atoms with Gasteiger partial charge in [0.15, 0.2) is 18.2 Å². The van der Waals surface area contributed by atoms with E-state index in [0.29, 0.717) is 28.0 Å². The molecule has 5 aromatic carbocycles. The van der Waals surface area contributed by atoms with Gasteiger partial charge in [-0.25, -0.2) is 4.98 Å². The van der Waals surface area contributed by atoms with E-state index in [1.165, 1.54) is 25.6 Å². The largest absolute Gasteiger partial charge is 0.453 e. The zero-order chi connectivity index (χ0) is 37.4. The quantitative estimate of drug-likeness (QED) is 0.0935. The summed E-state index contributed by atoms with van der Waals surface area (Å²) in [6.07, 6.45) is -2.62. The van der Waals surface area contributed by atoms with Gasteiger partial charge >= 0.3 is 5.97 Å². The number of nitrogens with one attached hydrogen (secondary N) is 1. The van der Waals surface area contributed by atoms with E-state index in [0.717, 1.165) is 33.5 Å². The number of rotatable bonds is 12. The minimum Gasteiger partial charge on any atom is -0.453 e. The van der Waals surface area contributed by atoms with Crippen LogP contribution in [0.25, 0.3) is 22.6 Å². The van der Waals surface area contributed by atoms with Crippen molar-refractivity contribution in [3.05, 3.63) is 162 Å². The first-order valence-electron chi connectivity index (χ1n) is 17.7. The Balaban J connectivity index is 1.24. The lowest BCUT2D eigenvalue weighted by atomic mass is 9.84. The number of esters is 1. The molecule has 0 bridgehead atoms. The van der Waals surface area contributed by atoms with Gasteiger partial charge in [-0.05, 0) is 35.7 Å². The fourth-order valence-electron chi connectivity index (χ4n) is 6.55. The van der Waals surface area contributed by atoms with Crippen molar-refractivity contribution < 1.29 is 33.3 Å². The Morgan fingerprint density at radius 1 is 0.796 bits per heavy atom. The number of hydrogen-bond donors (Lipinski definition) is 2. The first-order chi connectivity index (χ1) is 26.4. The molecule has 10 heteroatoms. The van der Waals surface area contributed by atoms with Crippen LogP contribution in [0.5, 0.6) is 0 Å². The monoisotopic (exact) mass is 740 g/mol. The van der Waals surface area contributed by atoms with Crippen LogP contribution in [0.2, 0.25) is 0 Å². The fourth-order valence-corrected chi connectivity index (χ4v) is 7.44. The number of hydrogen-bond acceptors (Lipinski definition) is 9. The van der Waals surface area contributed by atoms with Gasteiger partial charge in [0.05, 0.1) is 18.8 Å². The fraction of sp³-hybridized carbons (Fsp3) is 0.205. The lowest BCUT2D eigenvalue weighted by molar-refractivity contribution is -0.255. The normalized spacial score (nSPS) is 18.8. The maximum atomic E-state index is 12.8. The molecule has 1 fully saturated rings. The molecule has 274 valence electrons. The Labute approximate surface area is 318 Å². The molecule has 5 atom stereocenters. The Morgan fingerprint density at radius 2 is 1.44 bits per heavy atom. The first kappa shape index (κ1) is 36.8. The molecule has 5 unspecified atom stereocenters. The predicted molar refractivity (Wildman–Crippen MR) is 207 cm³/mol. The Hall–Kier alpha value is -5.52. The Kier molecular flexibility index (Phi) is 11.7. The molecule has 1 aromatic heterocycles. The van der Waals surface area contributed by atoms with Crippen molar-refractivity contribution in [3.63, 3.8) is 0 Å². The molecule has 2 heterocycles. The number of nitrogens with zero attached hydrogens (tertiary/aromatic N) is 1. The van der Waals surface area contributed by atoms with Crippen molar-refractivity contribution in [1.29, 1.82) is 0 Å². The first-order valence-corrected chi connectivity index (χ1v) is 18.7. The molecule has 1 amide bonds. The standard InChI is InChI=1S/C44H40N2O7S/c1-28(50-29(2)48)42(49)45-36-20-12-19-35(25-36)43-51-37(38(31-13-6-3-7-14-31)40(52-43)34-23-21-30(26-47)22-24-34)27-54-44-46-39(32-15-8-4-9-16-32)41(53-44)33-17-10-5-11-18-33/h3-25,28,37-38,40,43,47H,26-27H2,1-2H3,(H,45,49). The molecule has 1 aliphatic rings. The van der Waals surface area contributed by atoms with Crippen LogP contribution in [0.1, 0.15) is 54.4 Å². The number of amides is 1. The molecule has 0 saturated carbocycles. The highest BCUT2D eigenvalue weighted by Crippen LogP contribution is 2.48. The smallest absolute Gasteiger partial charge is 0.303 e. The maximum absolute atomic E-state index is 12.8. The average molecular weight is 741 g/mol. The summed E-state index contributed by atoms with van der Waals surface area (Å²) >= 11 is 1.48. The molecule has 1 saturated heterocycles. The van der Waals surface area contributed by atoms with Crippen molar-refractivity contribution in [2.45, 2.75) is 56.2 Å². The molecule has 0 aliphatic carbocycles. The van der Waals surface area contributed by atoms with E-state index in [2.05, 4.69) is 17.4 Å². The predicted octanol–water partition coefficient (Wildman–Crippen LogP) is 9.12. The number of benzene rings is 5. The molecular formula is C44H40N2O7S. The second-order valence-corrected chi connectivity index (χ2v) is 13.9. The number of thioether (sulfide) groups is 1. The Morgan fingerprint density at radius 3 is 2.11 bits per heavy atom. The summed E-state index contributed by atoms with van der Waals surface area (Å²) < 4.78 is 25.3. The van der Waals surface area contributed by atoms with Crippen LogP contribution in [0.3, 0.4) is 0 Å². The van der Waals surface area contributed by atoms with Gasteiger partial charge in [-0.15, -0.1) is 0 Å². The van der Waals surface area contributed by atoms with Crippen LogP contribution in [-0.2, 0) is 30.4 Å². The van der Waals surface area contributed by atoms with Crippen molar-refractivity contribution in [3.8, 4) is 22.6 Å². The van der Waals surface area contributed by atoms with E-state index < -0.39 is 36.5 Å². The van der Waals surface area contributed by atoms with Crippen molar-refractivity contribution in [1.82, 2.24) is 4.98 Å². The summed E-state index contributed by atoms with van der Waals surface area (Å²) in [6, 6.07) is 45.1. The van der Waals surface area contributed by atoms with Crippen LogP contribution in [-0.4, -0.2) is 39.9 Å². The number of aromatic nitrogens is 1. The molecule has 7 rings (SSSR count). The summed E-state index contributed by atoms with van der Waals surface area (Å²) in [5.74, 6) is -0.0614. The number of carbonyl (C=O) groups is 2. The van der Waals surface area contributed by atoms with E-state index in [1.807, 2.05) is 115 Å². The summed E-state index contributed by atoms with van der Waals surface area (Å²) in [5.41, 5.74) is 6.62. The van der Waals surface area contributed by atoms with Gasteiger partial charge in [-0.2, -0.15) is 0 Å². The third kappa shape index (κ3) is 8.64. The number of aliphatic hydroxyl groups excluding tert-OH is 1. The van der Waals surface area contributed by atoms with Crippen molar-refractivity contribution in [2.24, 2.45) is 0 Å². The minimum absolute atomic E-state index is 0.0699. The lowest BCUT2D eigenvalue weighted by Crippen LogP contribution is -2.38. The van der Waals surface area contributed by atoms with Crippen LogP contribution >= 0.6 is 11.8 Å². The molecular weight excluding hydrogens is 701 g/mol. The SMILES string of the molecule is CC(=O)OC(C)C(=O)Nc1cccc(C2OC(CSc3nc(-c4ccccc4)c(-c4ccccc4)o3)C(c3ccccc3)C(c3ccc(CO)cc3)O2)c1. The second kappa shape index (κ2) is 17.1. The number of oxazole rings is 1. The lowest BCUT2D eigenvalue weighted by Gasteiger charge is -2.43. The zero-order valence-corrected chi connectivity index (χ0v) is 30.6. The second-order valence-electron chi connectivity index (χ2n) is 13.0. The number of carbonyl (C=O) groups excluding carboxylic acids is 2. The molecule has 1 aliphatic heterocycles. The summed E-state index contributed by atoms with van der Waals surface area (Å²) in [7, 11) is 0. The molecule has 2 N–H and O–H groups in total. The highest BCUT2D eigenvalue weighted by Gasteiger charge is 2.42. The van der Waals surface area contributed by atoms with Gasteiger partial charge in [-0.3, -0.25) is 9.59 Å². The summed E-state index contributed by atoms with van der Waals surface area (Å²) in [6.45, 7) is 2.71. The molecule has 9 nitrogen and oxygen atoms in total. The van der Waals surface area contributed by atoms with Crippen molar-refractivity contribution in [2.75, 3.05) is 11.1 Å². The number of ether oxygens (including phenoxy) is 3. The average Bonchev–Trinajstić information content (AvgIpc) is 3.65. The molecule has 0 spiro atoms. The highest BCUT2D eigenvalue weighted by atomic mass is 32.2. The van der Waals surface area contributed by atoms with Gasteiger partial charge < -0.3 is 29.1 Å². The van der Waals surface area contributed by atoms with Gasteiger partial charge in [0.2, 0.25) is 0 Å². The molecule has 0 radical (unpaired) electrons. The third-order valence-electron chi connectivity index (χ3n) is 9.17. The van der Waals surface area contributed by atoms with Crippen LogP contribution in [0.4, 0.5) is 5.69 Å². The zero-order valence-electron chi connectivity index (χ0n) is 29.8. The topological polar surface area (TPSA) is 120 Å². The van der Waals surface area contributed by atoms with E-state index in [9.17, 15) is 14.7 Å². The third-order valence-corrected chi connectivity index (χ3v) is 10.1. The van der Waals surface area contributed by atoms with E-state index >= 15 is 0 Å². The van der Waals surface area contributed by atoms with Gasteiger partial charge in [-0.1, -0.05) is 139 Å². The Bertz CT molecular complexity index is 2100. The van der Waals surface area contributed by atoms with Gasteiger partial charge in [0, 0.05) is 41.0 Å².